The van der Waals surface area contributed by atoms with Crippen molar-refractivity contribution < 1.29 is 14.8 Å². The lowest BCUT2D eigenvalue weighted by Crippen LogP contribution is -2.27. The molecule has 0 radical (unpaired) electrons. The summed E-state index contributed by atoms with van der Waals surface area (Å²) in [5, 5.41) is 19.9. The van der Waals surface area contributed by atoms with Gasteiger partial charge in [-0.05, 0) is 12.8 Å². The molecule has 0 saturated heterocycles. The van der Waals surface area contributed by atoms with E-state index in [-0.39, 0.29) is 45.1 Å². The number of nitrogens with zero attached hydrogens (tertiary/aromatic N) is 3. The number of aromatic nitrogens is 3. The van der Waals surface area contributed by atoms with Crippen molar-refractivity contribution in [3.05, 3.63) is 0 Å². The number of aliphatic hydroxyl groups excluding tert-OH is 2. The van der Waals surface area contributed by atoms with Gasteiger partial charge in [-0.1, -0.05) is 13.8 Å². The van der Waals surface area contributed by atoms with E-state index in [0.29, 0.717) is 0 Å². The van der Waals surface area contributed by atoms with Crippen LogP contribution in [0, 0.1) is 5.41 Å². The number of rotatable bonds is 6. The van der Waals surface area contributed by atoms with Gasteiger partial charge in [-0.25, -0.2) is 4.57 Å². The Hall–Kier alpha value is -1.57. The molecule has 0 aliphatic rings. The van der Waals surface area contributed by atoms with Crippen LogP contribution in [-0.4, -0.2) is 38.4 Å². The summed E-state index contributed by atoms with van der Waals surface area (Å²) in [4.78, 5) is 10.7. The van der Waals surface area contributed by atoms with Crippen LogP contribution < -0.4 is 16.6 Å². The van der Waals surface area contributed by atoms with Gasteiger partial charge in [0.1, 0.15) is 0 Å². The monoisotopic (exact) mass is 304 g/mol. The zero-order chi connectivity index (χ0) is 15.6. The predicted molar refractivity (Wildman–Crippen MR) is 77.1 cm³/mol. The van der Waals surface area contributed by atoms with Gasteiger partial charge in [-0.3, -0.25) is 5.09 Å². The second-order valence-corrected chi connectivity index (χ2v) is 4.51. The first kappa shape index (κ1) is 18.4. The summed E-state index contributed by atoms with van der Waals surface area (Å²) in [5.74, 6) is 0.0685. The Kier molecular flexibility index (Phi) is 8.62. The first-order valence-electron chi connectivity index (χ1n) is 6.04. The maximum atomic E-state index is 10.0. The molecule has 1 rings (SSSR count). The van der Waals surface area contributed by atoms with E-state index >= 15 is 0 Å². The van der Waals surface area contributed by atoms with Crippen molar-refractivity contribution in [3.8, 4) is 0 Å². The average molecular weight is 304 g/mol. The molecule has 0 amide bonds. The Bertz CT molecular complexity index is 378. The van der Waals surface area contributed by atoms with Gasteiger partial charge in [0.2, 0.25) is 17.8 Å². The van der Waals surface area contributed by atoms with E-state index in [1.165, 1.54) is 0 Å². The Morgan fingerprint density at radius 2 is 1.55 bits per heavy atom. The minimum atomic E-state index is -0.314. The molecule has 1 aromatic heterocycles. The van der Waals surface area contributed by atoms with Crippen LogP contribution in [0.15, 0.2) is 0 Å². The van der Waals surface area contributed by atoms with Crippen molar-refractivity contribution in [1.82, 2.24) is 15.0 Å². The quantitative estimate of drug-likeness (QED) is 0.469. The van der Waals surface area contributed by atoms with Crippen LogP contribution in [0.1, 0.15) is 26.7 Å². The molecule has 0 unspecified atom stereocenters. The van der Waals surface area contributed by atoms with Crippen LogP contribution >= 0.6 is 8.61 Å². The fourth-order valence-electron chi connectivity index (χ4n) is 1.25. The molecule has 1 heterocycles. The second kappa shape index (κ2) is 9.35. The van der Waals surface area contributed by atoms with Crippen LogP contribution in [0.25, 0.3) is 0 Å². The summed E-state index contributed by atoms with van der Waals surface area (Å²) < 4.78 is 10.0. The Morgan fingerprint density at radius 1 is 1.10 bits per heavy atom. The van der Waals surface area contributed by atoms with Gasteiger partial charge in [0.15, 0.2) is 0 Å². The maximum absolute atomic E-state index is 10.0. The third kappa shape index (κ3) is 6.05. The van der Waals surface area contributed by atoms with Crippen molar-refractivity contribution in [2.75, 3.05) is 29.8 Å². The molecule has 0 aliphatic heterocycles. The average Bonchev–Trinajstić information content (AvgIpc) is 2.42. The Morgan fingerprint density at radius 3 is 1.80 bits per heavy atom. The molecule has 1 aromatic rings. The number of aliphatic hydroxyl groups is 2. The fourth-order valence-corrected chi connectivity index (χ4v) is 1.43. The number of nitrogens with one attached hydrogen (secondary N) is 1. The van der Waals surface area contributed by atoms with Crippen LogP contribution in [-0.2, 0) is 4.57 Å². The van der Waals surface area contributed by atoms with E-state index < -0.39 is 0 Å². The smallest absolute Gasteiger partial charge is 0.281 e. The zero-order valence-electron chi connectivity index (χ0n) is 11.6. The highest BCUT2D eigenvalue weighted by Crippen LogP contribution is 2.23. The maximum Gasteiger partial charge on any atom is 0.281 e. The first-order valence-corrected chi connectivity index (χ1v) is 6.85. The van der Waals surface area contributed by atoms with Crippen LogP contribution in [0.5, 0.6) is 0 Å². The SMILES string of the molecule is CCC(CC)(CO)CO.Nc1nc(N)nc(NP=O)n1. The largest absolute Gasteiger partial charge is 0.396 e. The molecule has 0 saturated carbocycles. The molecule has 9 nitrogen and oxygen atoms in total. The molecule has 0 spiro atoms. The lowest BCUT2D eigenvalue weighted by Gasteiger charge is -2.25. The number of nitrogens with two attached hydrogens (primary N) is 2. The minimum absolute atomic E-state index is 0.0105. The minimum Gasteiger partial charge on any atom is -0.396 e. The van der Waals surface area contributed by atoms with Gasteiger partial charge in [-0.15, -0.1) is 0 Å². The van der Waals surface area contributed by atoms with Crippen molar-refractivity contribution in [1.29, 1.82) is 0 Å². The number of anilines is 3. The molecule has 114 valence electrons. The van der Waals surface area contributed by atoms with E-state index in [4.69, 9.17) is 21.7 Å². The van der Waals surface area contributed by atoms with Gasteiger partial charge < -0.3 is 21.7 Å². The van der Waals surface area contributed by atoms with Gasteiger partial charge in [0, 0.05) is 5.41 Å². The highest BCUT2D eigenvalue weighted by atomic mass is 31.1. The van der Waals surface area contributed by atoms with Crippen LogP contribution in [0.2, 0.25) is 0 Å². The normalized spacial score (nSPS) is 10.8. The molecule has 0 atom stereocenters. The van der Waals surface area contributed by atoms with Crippen molar-refractivity contribution in [3.63, 3.8) is 0 Å². The predicted octanol–water partition coefficient (Wildman–Crippen LogP) is 0.432. The van der Waals surface area contributed by atoms with Gasteiger partial charge in [-0.2, -0.15) is 15.0 Å². The summed E-state index contributed by atoms with van der Waals surface area (Å²) >= 11 is 0. The highest BCUT2D eigenvalue weighted by molar-refractivity contribution is 7.25. The molecule has 10 heteroatoms. The van der Waals surface area contributed by atoms with E-state index in [1.807, 2.05) is 13.8 Å². The Balaban J connectivity index is 0.000000370. The first-order chi connectivity index (χ1) is 9.46. The fraction of sp³-hybridized carbons (Fsp3) is 0.700. The standard InChI is InChI=1S/C7H16O2.C3H5N6OP/c1-3-7(4-2,5-8)6-9;4-1-6-2(5)8-3(7-1)9-11-10/h8-9H,3-6H2,1-2H3;(H5,4,5,6,7,8,9,10). The lowest BCUT2D eigenvalue weighted by atomic mass is 9.84. The molecular formula is C10H21N6O3P. The Labute approximate surface area is 119 Å². The zero-order valence-corrected chi connectivity index (χ0v) is 12.5. The van der Waals surface area contributed by atoms with Gasteiger partial charge >= 0.3 is 0 Å². The van der Waals surface area contributed by atoms with E-state index in [1.54, 1.807) is 0 Å². The molecule has 7 N–H and O–H groups in total. The summed E-state index contributed by atoms with van der Waals surface area (Å²) in [7, 11) is -0.314. The molecule has 20 heavy (non-hydrogen) atoms. The number of hydrogen-bond acceptors (Lipinski definition) is 8. The van der Waals surface area contributed by atoms with Crippen LogP contribution in [0.4, 0.5) is 17.8 Å². The second-order valence-electron chi connectivity index (χ2n) is 4.10. The molecular weight excluding hydrogens is 283 g/mol. The third-order valence-electron chi connectivity index (χ3n) is 2.99. The summed E-state index contributed by atoms with van der Waals surface area (Å²) in [6.07, 6.45) is 1.69. The summed E-state index contributed by atoms with van der Waals surface area (Å²) in [5.41, 5.74) is 10.2. The third-order valence-corrected chi connectivity index (χ3v) is 3.28. The van der Waals surface area contributed by atoms with Gasteiger partial charge in [0.05, 0.1) is 13.2 Å². The van der Waals surface area contributed by atoms with E-state index in [9.17, 15) is 4.57 Å². The molecule has 0 bridgehead atoms. The molecule has 0 aromatic carbocycles. The topological polar surface area (TPSA) is 160 Å². The van der Waals surface area contributed by atoms with E-state index in [0.717, 1.165) is 12.8 Å². The number of hydrogen-bond donors (Lipinski definition) is 5. The van der Waals surface area contributed by atoms with Crippen LogP contribution in [0.3, 0.4) is 0 Å². The molecule has 0 fully saturated rings. The lowest BCUT2D eigenvalue weighted by molar-refractivity contribution is 0.0480. The van der Waals surface area contributed by atoms with Gasteiger partial charge in [0.25, 0.3) is 8.61 Å². The molecule has 0 aliphatic carbocycles. The van der Waals surface area contributed by atoms with E-state index in [2.05, 4.69) is 20.0 Å². The number of nitrogen functional groups attached to an aromatic ring is 2. The highest BCUT2D eigenvalue weighted by Gasteiger charge is 2.23. The summed E-state index contributed by atoms with van der Waals surface area (Å²) in [6, 6.07) is 0. The van der Waals surface area contributed by atoms with Crippen molar-refractivity contribution in [2.24, 2.45) is 5.41 Å². The van der Waals surface area contributed by atoms with Crippen molar-refractivity contribution in [2.45, 2.75) is 26.7 Å². The summed E-state index contributed by atoms with van der Waals surface area (Å²) in [6.45, 7) is 4.15. The van der Waals surface area contributed by atoms with Crippen molar-refractivity contribution >= 4 is 26.5 Å².